The van der Waals surface area contributed by atoms with E-state index in [0.29, 0.717) is 0 Å². The minimum absolute atomic E-state index is 0.0374. The molecule has 0 amide bonds. The Labute approximate surface area is 85.3 Å². The van der Waals surface area contributed by atoms with Crippen LogP contribution < -0.4 is 0 Å². The summed E-state index contributed by atoms with van der Waals surface area (Å²) >= 11 is 0. The molecule has 0 aliphatic heterocycles. The Hall–Kier alpha value is -1.29. The molecule has 0 saturated heterocycles. The Morgan fingerprint density at radius 1 is 1.21 bits per heavy atom. The molecule has 72 valence electrons. The Balaban J connectivity index is 2.57. The molecular weight excluding hydrogens is 194 g/mol. The van der Waals surface area contributed by atoms with E-state index < -0.39 is 0 Å². The molecule has 0 N–H and O–H groups in total. The van der Waals surface area contributed by atoms with E-state index in [2.05, 4.69) is 26.8 Å². The van der Waals surface area contributed by atoms with Gasteiger partial charge in [0.2, 0.25) is 0 Å². The van der Waals surface area contributed by atoms with Crippen LogP contribution in [0.5, 0.6) is 0 Å². The highest BCUT2D eigenvalue weighted by atomic mass is 32.2. The molecule has 0 spiro atoms. The third kappa shape index (κ3) is 1.96. The molecule has 0 atom stereocenters. The molecule has 0 aliphatic rings. The van der Waals surface area contributed by atoms with Crippen molar-refractivity contribution in [2.75, 3.05) is 12.5 Å². The van der Waals surface area contributed by atoms with Crippen molar-refractivity contribution in [2.24, 2.45) is 4.36 Å². The normalized spacial score (nSPS) is 10.8. The topological polar surface area (TPSA) is 38.1 Å². The van der Waals surface area contributed by atoms with E-state index in [0.717, 1.165) is 16.7 Å². The first kappa shape index (κ1) is 9.27. The van der Waals surface area contributed by atoms with E-state index >= 15 is 0 Å². The molecule has 0 saturated carbocycles. The molecule has 0 aliphatic carbocycles. The predicted molar refractivity (Wildman–Crippen MR) is 60.8 cm³/mol. The molecule has 2 heterocycles. The number of hydrogen-bond donors (Lipinski definition) is 0. The first-order valence-electron chi connectivity index (χ1n) is 4.26. The molecule has 2 rings (SSSR count). The standard InChI is InChI=1S/C10H11N3S/c1-14(2)13-10-4-3-8-7-11-6-5-9(8)12-10/h3-7H,1-2H3. The molecule has 0 fully saturated rings. The molecule has 2 aromatic rings. The van der Waals surface area contributed by atoms with Crippen LogP contribution in [-0.2, 0) is 10.7 Å². The van der Waals surface area contributed by atoms with Gasteiger partial charge in [-0.3, -0.25) is 4.98 Å². The molecule has 4 heteroatoms. The van der Waals surface area contributed by atoms with Crippen LogP contribution in [0.2, 0.25) is 0 Å². The highest BCUT2D eigenvalue weighted by Crippen LogP contribution is 2.15. The molecule has 14 heavy (non-hydrogen) atoms. The van der Waals surface area contributed by atoms with Gasteiger partial charge in [0.15, 0.2) is 5.82 Å². The lowest BCUT2D eigenvalue weighted by molar-refractivity contribution is 1.31. The lowest BCUT2D eigenvalue weighted by Gasteiger charge is -1.98. The fraction of sp³-hybridized carbons (Fsp3) is 0.200. The zero-order chi connectivity index (χ0) is 9.97. The molecule has 0 bridgehead atoms. The van der Waals surface area contributed by atoms with Gasteiger partial charge in [0.25, 0.3) is 0 Å². The van der Waals surface area contributed by atoms with Crippen molar-refractivity contribution < 1.29 is 0 Å². The number of fused-ring (bicyclic) bond motifs is 1. The first-order valence-corrected chi connectivity index (χ1v) is 6.26. The van der Waals surface area contributed by atoms with Gasteiger partial charge in [-0.15, -0.1) is 0 Å². The van der Waals surface area contributed by atoms with Crippen molar-refractivity contribution in [1.82, 2.24) is 9.97 Å². The highest BCUT2D eigenvalue weighted by Gasteiger charge is 1.95. The van der Waals surface area contributed by atoms with Gasteiger partial charge in [-0.1, -0.05) is 10.7 Å². The average molecular weight is 205 g/mol. The lowest BCUT2D eigenvalue weighted by atomic mass is 10.3. The van der Waals surface area contributed by atoms with Crippen molar-refractivity contribution in [1.29, 1.82) is 0 Å². The Morgan fingerprint density at radius 2 is 2.07 bits per heavy atom. The molecule has 3 nitrogen and oxygen atoms in total. The highest BCUT2D eigenvalue weighted by molar-refractivity contribution is 7.85. The molecule has 0 unspecified atom stereocenters. The minimum atomic E-state index is 0.0374. The summed E-state index contributed by atoms with van der Waals surface area (Å²) in [5, 5.41) is 1.05. The first-order chi connectivity index (χ1) is 6.75. The van der Waals surface area contributed by atoms with Crippen LogP contribution in [0.1, 0.15) is 0 Å². The van der Waals surface area contributed by atoms with Gasteiger partial charge in [0.05, 0.1) is 5.52 Å². The van der Waals surface area contributed by atoms with Crippen LogP contribution in [-0.4, -0.2) is 22.5 Å². The van der Waals surface area contributed by atoms with Crippen molar-refractivity contribution in [3.63, 3.8) is 0 Å². The van der Waals surface area contributed by atoms with Crippen molar-refractivity contribution in [3.8, 4) is 0 Å². The Morgan fingerprint density at radius 3 is 2.86 bits per heavy atom. The van der Waals surface area contributed by atoms with E-state index in [1.165, 1.54) is 0 Å². The molecule has 2 aromatic heterocycles. The monoisotopic (exact) mass is 205 g/mol. The Kier molecular flexibility index (Phi) is 2.54. The van der Waals surface area contributed by atoms with Gasteiger partial charge in [0, 0.05) is 17.8 Å². The van der Waals surface area contributed by atoms with E-state index in [-0.39, 0.29) is 10.7 Å². The number of aromatic nitrogens is 2. The van der Waals surface area contributed by atoms with Gasteiger partial charge in [-0.2, -0.15) is 0 Å². The maximum atomic E-state index is 4.42. The summed E-state index contributed by atoms with van der Waals surface area (Å²) in [6.07, 6.45) is 7.69. The lowest BCUT2D eigenvalue weighted by Crippen LogP contribution is -1.82. The van der Waals surface area contributed by atoms with Crippen LogP contribution in [0.3, 0.4) is 0 Å². The van der Waals surface area contributed by atoms with Crippen LogP contribution >= 0.6 is 0 Å². The summed E-state index contributed by atoms with van der Waals surface area (Å²) in [6.45, 7) is 0. The van der Waals surface area contributed by atoms with Crippen molar-refractivity contribution >= 4 is 27.4 Å². The fourth-order valence-electron chi connectivity index (χ4n) is 1.19. The molecule has 0 radical (unpaired) electrons. The maximum absolute atomic E-state index is 4.42. The second-order valence-corrected chi connectivity index (χ2v) is 4.83. The summed E-state index contributed by atoms with van der Waals surface area (Å²) in [7, 11) is 0.0374. The summed E-state index contributed by atoms with van der Waals surface area (Å²) < 4.78 is 4.41. The summed E-state index contributed by atoms with van der Waals surface area (Å²) in [6, 6.07) is 5.83. The summed E-state index contributed by atoms with van der Waals surface area (Å²) in [5.74, 6) is 0.803. The number of pyridine rings is 2. The SMILES string of the molecule is CS(C)=Nc1ccc2cnccc2n1. The van der Waals surface area contributed by atoms with Gasteiger partial charge in [-0.05, 0) is 30.7 Å². The molecule has 0 aromatic carbocycles. The quantitative estimate of drug-likeness (QED) is 0.716. The smallest absolute Gasteiger partial charge is 0.159 e. The van der Waals surface area contributed by atoms with Gasteiger partial charge < -0.3 is 0 Å². The summed E-state index contributed by atoms with van der Waals surface area (Å²) in [4.78, 5) is 8.45. The van der Waals surface area contributed by atoms with Gasteiger partial charge in [-0.25, -0.2) is 9.35 Å². The number of nitrogens with zero attached hydrogens (tertiary/aromatic N) is 3. The largest absolute Gasteiger partial charge is 0.264 e. The van der Waals surface area contributed by atoms with E-state index in [1.54, 1.807) is 6.20 Å². The zero-order valence-corrected chi connectivity index (χ0v) is 8.95. The van der Waals surface area contributed by atoms with Crippen molar-refractivity contribution in [3.05, 3.63) is 30.6 Å². The maximum Gasteiger partial charge on any atom is 0.159 e. The molecular formula is C10H11N3S. The van der Waals surface area contributed by atoms with Gasteiger partial charge >= 0.3 is 0 Å². The van der Waals surface area contributed by atoms with Crippen LogP contribution in [0.25, 0.3) is 10.9 Å². The van der Waals surface area contributed by atoms with Crippen LogP contribution in [0, 0.1) is 0 Å². The van der Waals surface area contributed by atoms with Crippen LogP contribution in [0.15, 0.2) is 35.0 Å². The van der Waals surface area contributed by atoms with E-state index in [4.69, 9.17) is 0 Å². The van der Waals surface area contributed by atoms with Crippen LogP contribution in [0.4, 0.5) is 5.82 Å². The predicted octanol–water partition coefficient (Wildman–Crippen LogP) is 2.32. The number of hydrogen-bond acceptors (Lipinski definition) is 3. The summed E-state index contributed by atoms with van der Waals surface area (Å²) in [5.41, 5.74) is 0.951. The Bertz CT molecular complexity index is 489. The van der Waals surface area contributed by atoms with Gasteiger partial charge in [0.1, 0.15) is 0 Å². The average Bonchev–Trinajstić information content (AvgIpc) is 2.17. The fourth-order valence-corrected chi connectivity index (χ4v) is 1.67. The number of rotatable bonds is 1. The van der Waals surface area contributed by atoms with E-state index in [1.807, 2.05) is 24.4 Å². The minimum Gasteiger partial charge on any atom is -0.264 e. The third-order valence-corrected chi connectivity index (χ3v) is 2.30. The zero-order valence-electron chi connectivity index (χ0n) is 8.14. The third-order valence-electron chi connectivity index (χ3n) is 1.75. The van der Waals surface area contributed by atoms with E-state index in [9.17, 15) is 0 Å². The second-order valence-electron chi connectivity index (χ2n) is 3.10. The second kappa shape index (κ2) is 3.84. The van der Waals surface area contributed by atoms with Crippen molar-refractivity contribution in [2.45, 2.75) is 0 Å².